The number of para-hydroxylation sites is 4. The van der Waals surface area contributed by atoms with Gasteiger partial charge >= 0.3 is 0 Å². The van der Waals surface area contributed by atoms with Crippen molar-refractivity contribution in [1.82, 2.24) is 14.1 Å². The monoisotopic (exact) mass is 1350 g/mol. The van der Waals surface area contributed by atoms with Gasteiger partial charge in [0.2, 0.25) is 0 Å². The molecule has 0 saturated carbocycles. The molecule has 8 heteroatoms. The molecule has 88 heavy (non-hydrogen) atoms. The van der Waals surface area contributed by atoms with Crippen LogP contribution in [0.25, 0.3) is 117 Å². The molecule has 0 atom stereocenters. The molecule has 5 heterocycles. The van der Waals surface area contributed by atoms with E-state index < -0.39 is 16.1 Å². The van der Waals surface area contributed by atoms with Crippen LogP contribution in [-0.2, 0) is 26.5 Å². The Labute approximate surface area is 531 Å². The van der Waals surface area contributed by atoms with Crippen molar-refractivity contribution >= 4 is 69.7 Å². The van der Waals surface area contributed by atoms with E-state index >= 15 is 0 Å². The molecule has 0 aliphatic carbocycles. The normalized spacial score (nSPS) is 13.5. The first-order valence-corrected chi connectivity index (χ1v) is 36.2. The summed E-state index contributed by atoms with van der Waals surface area (Å²) >= 11 is 0. The summed E-state index contributed by atoms with van der Waals surface area (Å²) in [5, 5.41) is 8.05. The van der Waals surface area contributed by atoms with Crippen molar-refractivity contribution in [2.75, 3.05) is 0 Å². The molecule has 0 spiro atoms. The minimum atomic E-state index is -2.12. The van der Waals surface area contributed by atoms with E-state index in [1.807, 2.05) is 24.4 Å². The summed E-state index contributed by atoms with van der Waals surface area (Å²) in [5.41, 5.74) is 21.7. The van der Waals surface area contributed by atoms with Crippen LogP contribution in [0.2, 0.25) is 26.2 Å². The van der Waals surface area contributed by atoms with Crippen molar-refractivity contribution in [3.63, 3.8) is 0 Å². The molecule has 0 unspecified atom stereocenters. The Morgan fingerprint density at radius 1 is 0.432 bits per heavy atom. The summed E-state index contributed by atoms with van der Waals surface area (Å²) in [7, 11) is -4.24. The van der Waals surface area contributed by atoms with Gasteiger partial charge in [0.25, 0.3) is 6.33 Å². The predicted octanol–water partition coefficient (Wildman–Crippen LogP) is 17.2. The van der Waals surface area contributed by atoms with Crippen LogP contribution in [0.4, 0.5) is 0 Å². The number of fused-ring (bicyclic) bond motifs is 14. The third-order valence-corrected chi connectivity index (χ3v) is 25.8. The minimum absolute atomic E-state index is 0. The van der Waals surface area contributed by atoms with Gasteiger partial charge in [-0.1, -0.05) is 234 Å². The number of pyridine rings is 1. The maximum absolute atomic E-state index is 6.83. The average Bonchev–Trinajstić information content (AvgIpc) is 1.62. The number of ether oxygens (including phenoxy) is 1. The molecule has 0 bridgehead atoms. The second-order valence-electron chi connectivity index (χ2n) is 25.5. The maximum atomic E-state index is 6.83. The summed E-state index contributed by atoms with van der Waals surface area (Å²) in [6.45, 7) is 16.7. The van der Waals surface area contributed by atoms with Crippen LogP contribution in [0.3, 0.4) is 0 Å². The van der Waals surface area contributed by atoms with Crippen LogP contribution in [0.1, 0.15) is 26.3 Å². The third kappa shape index (κ3) is 8.80. The molecular formula is C80H62N4OPtSi2-2. The number of imidazole rings is 1. The van der Waals surface area contributed by atoms with Gasteiger partial charge in [-0.3, -0.25) is 4.57 Å². The molecule has 11 aromatic carbocycles. The Kier molecular flexibility index (Phi) is 13.2. The van der Waals surface area contributed by atoms with Crippen molar-refractivity contribution in [1.29, 1.82) is 0 Å². The van der Waals surface area contributed by atoms with Crippen molar-refractivity contribution < 1.29 is 30.4 Å². The van der Waals surface area contributed by atoms with Gasteiger partial charge in [0.1, 0.15) is 22.0 Å². The van der Waals surface area contributed by atoms with Gasteiger partial charge in [0.05, 0.1) is 16.7 Å². The SMILES string of the molecule is CC(C)(C)c1ccnc(-n2c3[c-]c(Oc4[c-]c(-n5[c-][n+](-c6c(-c7ccc8c(c7)-c7ccccc7[Si](C)(C)c7ccccc7-8)cccc6-c6ccc7c(c6)-c6ccccc6[Si](C)(C)c6ccccc6-7)c6ccccc65)ccc4)ccc3c3ccccc32)c1.[Pt]. The molecule has 428 valence electrons. The van der Waals surface area contributed by atoms with E-state index in [1.165, 1.54) is 70.8 Å². The van der Waals surface area contributed by atoms with E-state index in [2.05, 4.69) is 304 Å². The van der Waals surface area contributed by atoms with Crippen molar-refractivity contribution in [3.05, 3.63) is 273 Å². The summed E-state index contributed by atoms with van der Waals surface area (Å²) in [6.07, 6.45) is 5.89. The van der Waals surface area contributed by atoms with Gasteiger partial charge in [-0.25, -0.2) is 4.98 Å². The number of rotatable bonds is 7. The van der Waals surface area contributed by atoms with Crippen LogP contribution in [0.15, 0.2) is 249 Å². The van der Waals surface area contributed by atoms with E-state index in [-0.39, 0.29) is 26.5 Å². The van der Waals surface area contributed by atoms with Crippen LogP contribution < -0.4 is 30.1 Å². The molecule has 0 saturated heterocycles. The number of hydrogen-bond acceptors (Lipinski definition) is 2. The maximum Gasteiger partial charge on any atom is 0.268 e. The van der Waals surface area contributed by atoms with Crippen LogP contribution in [0.5, 0.6) is 11.5 Å². The fourth-order valence-electron chi connectivity index (χ4n) is 14.3. The second kappa shape index (κ2) is 21.0. The average molecular weight is 1350 g/mol. The fraction of sp³-hybridized carbons (Fsp3) is 0.100. The Morgan fingerprint density at radius 3 is 1.52 bits per heavy atom. The van der Waals surface area contributed by atoms with E-state index in [9.17, 15) is 0 Å². The molecule has 3 aromatic heterocycles. The van der Waals surface area contributed by atoms with Gasteiger partial charge in [-0.15, -0.1) is 29.7 Å². The number of nitrogens with zero attached hydrogens (tertiary/aromatic N) is 4. The first-order valence-electron chi connectivity index (χ1n) is 30.2. The number of hydrogen-bond donors (Lipinski definition) is 0. The molecule has 2 aliphatic rings. The van der Waals surface area contributed by atoms with Gasteiger partial charge < -0.3 is 13.9 Å². The molecule has 16 rings (SSSR count). The van der Waals surface area contributed by atoms with Gasteiger partial charge in [-0.05, 0) is 140 Å². The Bertz CT molecular complexity index is 4990. The Morgan fingerprint density at radius 2 is 0.932 bits per heavy atom. The summed E-state index contributed by atoms with van der Waals surface area (Å²) < 4.78 is 13.5. The molecule has 5 nitrogen and oxygen atoms in total. The minimum Gasteiger partial charge on any atom is -0.510 e. The van der Waals surface area contributed by atoms with Crippen molar-refractivity contribution in [3.8, 4) is 95.5 Å². The number of aromatic nitrogens is 4. The van der Waals surface area contributed by atoms with E-state index in [4.69, 9.17) is 9.72 Å². The zero-order valence-electron chi connectivity index (χ0n) is 50.2. The topological polar surface area (TPSA) is 35.9 Å². The molecular weight excluding hydrogens is 1280 g/mol. The Hall–Kier alpha value is -9.24. The summed E-state index contributed by atoms with van der Waals surface area (Å²) in [4.78, 5) is 4.92. The quantitative estimate of drug-likeness (QED) is 0.0906. The largest absolute Gasteiger partial charge is 0.510 e. The van der Waals surface area contributed by atoms with E-state index in [1.54, 1.807) is 0 Å². The second-order valence-corrected chi connectivity index (χ2v) is 34.2. The van der Waals surface area contributed by atoms with Gasteiger partial charge in [-0.2, -0.15) is 18.2 Å². The smallest absolute Gasteiger partial charge is 0.268 e. The fourth-order valence-corrected chi connectivity index (χ4v) is 20.5. The third-order valence-electron chi connectivity index (χ3n) is 18.7. The van der Waals surface area contributed by atoms with E-state index in [0.29, 0.717) is 11.5 Å². The first kappa shape index (κ1) is 55.3. The standard InChI is InChI=1S/C80H62N4OSi2.Pt/c1-80(2,3)54-44-45-81-78(48-54)84-70-31-13-8-24-62(70)63-43-40-57(50-73(63)84)85-56-23-20-22-55(49-56)82-51-83(72-33-15-14-32-71(72)82)79-58(52-38-41-60-64-25-9-16-34-74(64)86(4,5)76-36-18-11-27-66(76)68(60)46-52)29-21-30-59(79)53-39-42-61-65-26-10-17-35-75(65)87(6,7)77-37-19-12-28-67(77)69(61)47-53;/h8-48H,1-7H3;/q-2;. The summed E-state index contributed by atoms with van der Waals surface area (Å²) in [6, 6.07) is 96.8. The zero-order chi connectivity index (χ0) is 58.9. The summed E-state index contributed by atoms with van der Waals surface area (Å²) in [5.74, 6) is 1.99. The molecule has 14 aromatic rings. The van der Waals surface area contributed by atoms with E-state index in [0.717, 1.165) is 72.3 Å². The van der Waals surface area contributed by atoms with Crippen molar-refractivity contribution in [2.24, 2.45) is 0 Å². The van der Waals surface area contributed by atoms with Crippen LogP contribution in [-0.4, -0.2) is 30.3 Å². The molecule has 0 N–H and O–H groups in total. The predicted molar refractivity (Wildman–Crippen MR) is 365 cm³/mol. The number of benzene rings is 11. The zero-order valence-corrected chi connectivity index (χ0v) is 54.5. The van der Waals surface area contributed by atoms with Gasteiger partial charge in [0.15, 0.2) is 0 Å². The molecule has 0 amide bonds. The van der Waals surface area contributed by atoms with Crippen LogP contribution in [0, 0.1) is 18.5 Å². The molecule has 0 fully saturated rings. The Balaban J connectivity index is 0.00000650. The van der Waals surface area contributed by atoms with Crippen molar-refractivity contribution in [2.45, 2.75) is 52.4 Å². The van der Waals surface area contributed by atoms with Crippen LogP contribution >= 0.6 is 0 Å². The first-order chi connectivity index (χ1) is 42.3. The molecule has 0 radical (unpaired) electrons. The van der Waals surface area contributed by atoms with Gasteiger partial charge in [0, 0.05) is 44.3 Å². The molecule has 2 aliphatic heterocycles.